The largest absolute Gasteiger partial charge is 0.384 e. The van der Waals surface area contributed by atoms with E-state index in [1.54, 1.807) is 25.2 Å². The molecular weight excluding hydrogens is 182 g/mol. The first-order chi connectivity index (χ1) is 5.89. The van der Waals surface area contributed by atoms with Crippen molar-refractivity contribution in [2.75, 3.05) is 0 Å². The molecule has 0 aromatic carbocycles. The van der Waals surface area contributed by atoms with Crippen molar-refractivity contribution in [1.82, 2.24) is 4.98 Å². The van der Waals surface area contributed by atoms with Gasteiger partial charge in [0.1, 0.15) is 5.60 Å². The maximum atomic E-state index is 9.68. The maximum Gasteiger partial charge on any atom is 0.102 e. The van der Waals surface area contributed by atoms with E-state index < -0.39 is 5.60 Å². The van der Waals surface area contributed by atoms with Gasteiger partial charge in [-0.1, -0.05) is 13.8 Å². The number of aliphatic hydroxyl groups is 1. The van der Waals surface area contributed by atoms with E-state index >= 15 is 0 Å². The normalized spacial score (nSPS) is 12.5. The first-order valence-corrected chi connectivity index (χ1v) is 5.45. The molecule has 13 heavy (non-hydrogen) atoms. The average Bonchev–Trinajstić information content (AvgIpc) is 2.32. The number of thiazole rings is 1. The van der Waals surface area contributed by atoms with Crippen LogP contribution in [0.4, 0.5) is 0 Å². The SMILES string of the molecule is CC(C)Cc1nc(C(C)(C)O)cs1. The van der Waals surface area contributed by atoms with Gasteiger partial charge in [-0.05, 0) is 19.8 Å². The summed E-state index contributed by atoms with van der Waals surface area (Å²) >= 11 is 1.63. The third kappa shape index (κ3) is 3.08. The summed E-state index contributed by atoms with van der Waals surface area (Å²) < 4.78 is 0. The number of nitrogens with zero attached hydrogens (tertiary/aromatic N) is 1. The van der Waals surface area contributed by atoms with Crippen molar-refractivity contribution < 1.29 is 5.11 Å². The smallest absolute Gasteiger partial charge is 0.102 e. The van der Waals surface area contributed by atoms with E-state index in [1.165, 1.54) is 0 Å². The molecule has 0 saturated heterocycles. The summed E-state index contributed by atoms with van der Waals surface area (Å²) in [6.45, 7) is 7.87. The van der Waals surface area contributed by atoms with Crippen LogP contribution >= 0.6 is 11.3 Å². The fourth-order valence-corrected chi connectivity index (χ4v) is 2.20. The summed E-state index contributed by atoms with van der Waals surface area (Å²) in [4.78, 5) is 4.39. The molecule has 1 aromatic heterocycles. The molecule has 0 aliphatic heterocycles. The van der Waals surface area contributed by atoms with E-state index in [2.05, 4.69) is 18.8 Å². The Labute approximate surface area is 83.6 Å². The summed E-state index contributed by atoms with van der Waals surface area (Å²) in [5, 5.41) is 12.7. The average molecular weight is 199 g/mol. The summed E-state index contributed by atoms with van der Waals surface area (Å²) in [5.74, 6) is 0.626. The van der Waals surface area contributed by atoms with Gasteiger partial charge in [0, 0.05) is 11.8 Å². The van der Waals surface area contributed by atoms with E-state index in [0.29, 0.717) is 5.92 Å². The van der Waals surface area contributed by atoms with Gasteiger partial charge in [-0.2, -0.15) is 0 Å². The van der Waals surface area contributed by atoms with Crippen LogP contribution < -0.4 is 0 Å². The molecule has 1 rings (SSSR count). The number of rotatable bonds is 3. The molecule has 3 heteroatoms. The van der Waals surface area contributed by atoms with Gasteiger partial charge in [0.2, 0.25) is 0 Å². The van der Waals surface area contributed by atoms with Gasteiger partial charge in [-0.15, -0.1) is 11.3 Å². The fourth-order valence-electron chi connectivity index (χ4n) is 1.03. The number of hydrogen-bond donors (Lipinski definition) is 1. The van der Waals surface area contributed by atoms with E-state index in [0.717, 1.165) is 17.1 Å². The molecule has 0 amide bonds. The predicted octanol–water partition coefficient (Wildman–Crippen LogP) is 2.57. The van der Waals surface area contributed by atoms with Crippen molar-refractivity contribution in [2.45, 2.75) is 39.7 Å². The lowest BCUT2D eigenvalue weighted by Gasteiger charge is -2.13. The van der Waals surface area contributed by atoms with Crippen molar-refractivity contribution in [3.63, 3.8) is 0 Å². The first-order valence-electron chi connectivity index (χ1n) is 4.57. The Morgan fingerprint density at radius 3 is 2.54 bits per heavy atom. The van der Waals surface area contributed by atoms with E-state index in [4.69, 9.17) is 0 Å². The zero-order valence-corrected chi connectivity index (χ0v) is 9.48. The number of hydrogen-bond acceptors (Lipinski definition) is 3. The van der Waals surface area contributed by atoms with Crippen molar-refractivity contribution in [2.24, 2.45) is 5.92 Å². The lowest BCUT2D eigenvalue weighted by molar-refractivity contribution is 0.0743. The van der Waals surface area contributed by atoms with Crippen LogP contribution in [-0.4, -0.2) is 10.1 Å². The lowest BCUT2D eigenvalue weighted by Crippen LogP contribution is -2.16. The topological polar surface area (TPSA) is 33.1 Å². The van der Waals surface area contributed by atoms with E-state index in [-0.39, 0.29) is 0 Å². The van der Waals surface area contributed by atoms with Crippen molar-refractivity contribution in [1.29, 1.82) is 0 Å². The van der Waals surface area contributed by atoms with Gasteiger partial charge >= 0.3 is 0 Å². The monoisotopic (exact) mass is 199 g/mol. The fraction of sp³-hybridized carbons (Fsp3) is 0.700. The van der Waals surface area contributed by atoms with Crippen LogP contribution in [0.25, 0.3) is 0 Å². The van der Waals surface area contributed by atoms with Crippen molar-refractivity contribution >= 4 is 11.3 Å². The molecule has 0 spiro atoms. The van der Waals surface area contributed by atoms with Crippen LogP contribution in [0.15, 0.2) is 5.38 Å². The third-order valence-corrected chi connectivity index (χ3v) is 2.63. The zero-order valence-electron chi connectivity index (χ0n) is 8.66. The Hall–Kier alpha value is -0.410. The van der Waals surface area contributed by atoms with E-state index in [9.17, 15) is 5.11 Å². The molecule has 2 nitrogen and oxygen atoms in total. The molecule has 1 N–H and O–H groups in total. The lowest BCUT2D eigenvalue weighted by atomic mass is 10.1. The second kappa shape index (κ2) is 3.76. The van der Waals surface area contributed by atoms with Crippen molar-refractivity contribution in [3.8, 4) is 0 Å². The molecule has 1 heterocycles. The summed E-state index contributed by atoms with van der Waals surface area (Å²) in [6, 6.07) is 0. The summed E-state index contributed by atoms with van der Waals surface area (Å²) in [5.41, 5.74) is -0.0145. The molecule has 0 unspecified atom stereocenters. The molecule has 0 fully saturated rings. The minimum atomic E-state index is -0.800. The second-order valence-corrected chi connectivity index (χ2v) is 5.23. The van der Waals surface area contributed by atoms with Crippen LogP contribution in [0.3, 0.4) is 0 Å². The molecule has 0 aliphatic rings. The number of aromatic nitrogens is 1. The van der Waals surface area contributed by atoms with Crippen LogP contribution in [0.1, 0.15) is 38.4 Å². The summed E-state index contributed by atoms with van der Waals surface area (Å²) in [6.07, 6.45) is 1.00. The second-order valence-electron chi connectivity index (χ2n) is 4.28. The molecule has 1 aromatic rings. The molecule has 0 bridgehead atoms. The van der Waals surface area contributed by atoms with Gasteiger partial charge in [0.15, 0.2) is 0 Å². The highest BCUT2D eigenvalue weighted by Gasteiger charge is 2.19. The minimum Gasteiger partial charge on any atom is -0.384 e. The quantitative estimate of drug-likeness (QED) is 0.811. The van der Waals surface area contributed by atoms with Crippen LogP contribution in [0.2, 0.25) is 0 Å². The van der Waals surface area contributed by atoms with Gasteiger partial charge < -0.3 is 5.11 Å². The Morgan fingerprint density at radius 2 is 2.15 bits per heavy atom. The molecular formula is C10H17NOS. The van der Waals surface area contributed by atoms with Gasteiger partial charge in [0.25, 0.3) is 0 Å². The Balaban J connectivity index is 2.75. The minimum absolute atomic E-state index is 0.626. The van der Waals surface area contributed by atoms with Gasteiger partial charge in [0.05, 0.1) is 10.7 Å². The highest BCUT2D eigenvalue weighted by atomic mass is 32.1. The highest BCUT2D eigenvalue weighted by molar-refractivity contribution is 7.09. The van der Waals surface area contributed by atoms with Crippen molar-refractivity contribution in [3.05, 3.63) is 16.1 Å². The van der Waals surface area contributed by atoms with Crippen LogP contribution in [-0.2, 0) is 12.0 Å². The summed E-state index contributed by atoms with van der Waals surface area (Å²) in [7, 11) is 0. The Morgan fingerprint density at radius 1 is 1.54 bits per heavy atom. The maximum absolute atomic E-state index is 9.68. The standard InChI is InChI=1S/C10H17NOS/c1-7(2)5-9-11-8(6-13-9)10(3,4)12/h6-7,12H,5H2,1-4H3. The molecule has 0 atom stereocenters. The Bertz CT molecular complexity index is 273. The third-order valence-electron chi connectivity index (χ3n) is 1.76. The molecule has 0 saturated carbocycles. The first kappa shape index (κ1) is 10.7. The highest BCUT2D eigenvalue weighted by Crippen LogP contribution is 2.22. The molecule has 0 radical (unpaired) electrons. The molecule has 74 valence electrons. The molecule has 0 aliphatic carbocycles. The Kier molecular flexibility index (Phi) is 3.09. The van der Waals surface area contributed by atoms with E-state index in [1.807, 2.05) is 5.38 Å². The van der Waals surface area contributed by atoms with Crippen LogP contribution in [0, 0.1) is 5.92 Å². The van der Waals surface area contributed by atoms with Crippen LogP contribution in [0.5, 0.6) is 0 Å². The van der Waals surface area contributed by atoms with Gasteiger partial charge in [-0.3, -0.25) is 0 Å². The predicted molar refractivity (Wildman–Crippen MR) is 55.9 cm³/mol. The zero-order chi connectivity index (χ0) is 10.1. The van der Waals surface area contributed by atoms with Gasteiger partial charge in [-0.25, -0.2) is 4.98 Å².